The van der Waals surface area contributed by atoms with Crippen LogP contribution in [0.2, 0.25) is 0 Å². The van der Waals surface area contributed by atoms with E-state index in [1.165, 1.54) is 44.3 Å². The lowest BCUT2D eigenvalue weighted by Gasteiger charge is -2.17. The number of rotatable bonds is 1. The molecule has 1 unspecified atom stereocenters. The normalized spacial score (nSPS) is 16.6. The average Bonchev–Trinajstić information content (AvgIpc) is 2.93. The standard InChI is InChI=1S/C30H23PS/c1-22-19-23(2)30-27(20-22)26-15-9-10-16-29(26)31(32,18-17-24-11-5-3-6-12-24)21-28(30)25-13-7-4-8-14-25/h3-16,19-21H,1-2H3. The van der Waals surface area contributed by atoms with E-state index in [0.717, 1.165) is 5.56 Å². The Kier molecular flexibility index (Phi) is 5.44. The van der Waals surface area contributed by atoms with Gasteiger partial charge in [-0.1, -0.05) is 114 Å². The van der Waals surface area contributed by atoms with Gasteiger partial charge in [-0.2, -0.15) is 0 Å². The molecule has 1 atom stereocenters. The molecule has 0 amide bonds. The maximum atomic E-state index is 6.46. The molecule has 5 rings (SSSR count). The van der Waals surface area contributed by atoms with Gasteiger partial charge in [0.15, 0.2) is 0 Å². The van der Waals surface area contributed by atoms with Gasteiger partial charge < -0.3 is 0 Å². The van der Waals surface area contributed by atoms with Gasteiger partial charge in [0.25, 0.3) is 0 Å². The number of fused-ring (bicyclic) bond motifs is 3. The molecule has 0 nitrogen and oxygen atoms in total. The van der Waals surface area contributed by atoms with Crippen LogP contribution >= 0.6 is 6.04 Å². The lowest BCUT2D eigenvalue weighted by atomic mass is 9.87. The van der Waals surface area contributed by atoms with E-state index < -0.39 is 6.04 Å². The Labute approximate surface area is 195 Å². The van der Waals surface area contributed by atoms with E-state index in [4.69, 9.17) is 11.8 Å². The minimum absolute atomic E-state index is 0.998. The van der Waals surface area contributed by atoms with Gasteiger partial charge in [-0.05, 0) is 65.2 Å². The molecule has 0 radical (unpaired) electrons. The maximum absolute atomic E-state index is 6.46. The van der Waals surface area contributed by atoms with Crippen LogP contribution in [0.15, 0.2) is 103 Å². The largest absolute Gasteiger partial charge is 0.0743 e. The van der Waals surface area contributed by atoms with Gasteiger partial charge >= 0.3 is 0 Å². The minimum Gasteiger partial charge on any atom is -0.0743 e. The number of aryl methyl sites for hydroxylation is 2. The first-order chi connectivity index (χ1) is 15.5. The summed E-state index contributed by atoms with van der Waals surface area (Å²) in [6.07, 6.45) is 0. The van der Waals surface area contributed by atoms with E-state index in [1.807, 2.05) is 30.3 Å². The zero-order valence-electron chi connectivity index (χ0n) is 18.2. The molecule has 0 N–H and O–H groups in total. The van der Waals surface area contributed by atoms with Gasteiger partial charge in [0.2, 0.25) is 0 Å². The second kappa shape index (κ2) is 8.40. The number of benzene rings is 4. The van der Waals surface area contributed by atoms with E-state index >= 15 is 0 Å². The van der Waals surface area contributed by atoms with Crippen molar-refractivity contribution in [3.05, 3.63) is 131 Å². The van der Waals surface area contributed by atoms with Crippen LogP contribution in [-0.4, -0.2) is 0 Å². The second-order valence-corrected chi connectivity index (χ2v) is 12.2. The molecule has 0 aromatic heterocycles. The summed E-state index contributed by atoms with van der Waals surface area (Å²) < 4.78 is 0. The van der Waals surface area contributed by atoms with Crippen molar-refractivity contribution in [1.29, 1.82) is 0 Å². The van der Waals surface area contributed by atoms with Gasteiger partial charge in [-0.25, -0.2) is 0 Å². The molecule has 0 saturated heterocycles. The van der Waals surface area contributed by atoms with E-state index in [2.05, 4.69) is 98.0 Å². The predicted octanol–water partition coefficient (Wildman–Crippen LogP) is 7.49. The first-order valence-corrected chi connectivity index (χ1v) is 13.6. The lowest BCUT2D eigenvalue weighted by molar-refractivity contribution is 1.35. The zero-order chi connectivity index (χ0) is 22.1. The summed E-state index contributed by atoms with van der Waals surface area (Å²) in [5.74, 6) is 5.71. The molecule has 0 fully saturated rings. The molecule has 1 heterocycles. The van der Waals surface area contributed by atoms with Gasteiger partial charge in [0, 0.05) is 10.9 Å². The number of hydrogen-bond acceptors (Lipinski definition) is 1. The maximum Gasteiger partial charge on any atom is 0.0726 e. The smallest absolute Gasteiger partial charge is 0.0726 e. The molecule has 4 aromatic rings. The summed E-state index contributed by atoms with van der Waals surface area (Å²) in [5, 5.41) is 1.18. The van der Waals surface area contributed by atoms with Crippen molar-refractivity contribution in [2.24, 2.45) is 0 Å². The molecule has 154 valence electrons. The molecular weight excluding hydrogens is 423 g/mol. The molecular formula is C30H23PS. The summed E-state index contributed by atoms with van der Waals surface area (Å²) in [6, 6.07) is 31.6. The Hall–Kier alpha value is -3.17. The summed E-state index contributed by atoms with van der Waals surface area (Å²) in [6.45, 7) is 4.37. The zero-order valence-corrected chi connectivity index (χ0v) is 19.9. The van der Waals surface area contributed by atoms with Crippen molar-refractivity contribution in [2.75, 3.05) is 0 Å². The third kappa shape index (κ3) is 3.78. The highest BCUT2D eigenvalue weighted by molar-refractivity contribution is 8.22. The monoisotopic (exact) mass is 446 g/mol. The van der Waals surface area contributed by atoms with Crippen molar-refractivity contribution < 1.29 is 0 Å². The highest BCUT2D eigenvalue weighted by Crippen LogP contribution is 2.54. The van der Waals surface area contributed by atoms with Crippen LogP contribution in [0.5, 0.6) is 0 Å². The summed E-state index contributed by atoms with van der Waals surface area (Å²) >= 11 is 6.46. The Bertz CT molecular complexity index is 1450. The van der Waals surface area contributed by atoms with Crippen molar-refractivity contribution in [1.82, 2.24) is 0 Å². The van der Waals surface area contributed by atoms with Crippen molar-refractivity contribution >= 4 is 28.7 Å². The van der Waals surface area contributed by atoms with Crippen LogP contribution in [0.3, 0.4) is 0 Å². The van der Waals surface area contributed by atoms with Crippen molar-refractivity contribution in [3.8, 4) is 22.7 Å². The fourth-order valence-corrected chi connectivity index (χ4v) is 7.49. The summed E-state index contributed by atoms with van der Waals surface area (Å²) in [4.78, 5) is 0. The second-order valence-electron chi connectivity index (χ2n) is 8.19. The first kappa shape index (κ1) is 20.7. The highest BCUT2D eigenvalue weighted by atomic mass is 32.4. The minimum atomic E-state index is -2.34. The molecule has 32 heavy (non-hydrogen) atoms. The third-order valence-electron chi connectivity index (χ3n) is 5.84. The Balaban J connectivity index is 1.87. The van der Waals surface area contributed by atoms with Gasteiger partial charge in [-0.3, -0.25) is 0 Å². The molecule has 0 bridgehead atoms. The Morgan fingerprint density at radius 1 is 0.719 bits per heavy atom. The Morgan fingerprint density at radius 3 is 2.12 bits per heavy atom. The van der Waals surface area contributed by atoms with Crippen LogP contribution in [0.4, 0.5) is 0 Å². The predicted molar refractivity (Wildman–Crippen MR) is 142 cm³/mol. The molecule has 0 aliphatic carbocycles. The molecule has 0 saturated carbocycles. The fraction of sp³-hybridized carbons (Fsp3) is 0.0667. The van der Waals surface area contributed by atoms with E-state index in [-0.39, 0.29) is 0 Å². The fourth-order valence-electron chi connectivity index (χ4n) is 4.44. The molecule has 0 spiro atoms. The third-order valence-corrected chi connectivity index (χ3v) is 9.19. The SMILES string of the molecule is Cc1cc(C)c2c(c1)-c1ccccc1P(=S)(C#Cc1ccccc1)C=C2c1ccccc1. The van der Waals surface area contributed by atoms with Crippen LogP contribution in [0.1, 0.15) is 27.8 Å². The van der Waals surface area contributed by atoms with Crippen LogP contribution in [0.25, 0.3) is 16.7 Å². The topological polar surface area (TPSA) is 0 Å². The van der Waals surface area contributed by atoms with E-state index in [0.29, 0.717) is 0 Å². The van der Waals surface area contributed by atoms with Gasteiger partial charge in [0.05, 0.1) is 6.04 Å². The Morgan fingerprint density at radius 2 is 1.38 bits per heavy atom. The van der Waals surface area contributed by atoms with Crippen LogP contribution < -0.4 is 5.30 Å². The number of hydrogen-bond donors (Lipinski definition) is 0. The highest BCUT2D eigenvalue weighted by Gasteiger charge is 2.28. The van der Waals surface area contributed by atoms with Gasteiger partial charge in [-0.15, -0.1) is 0 Å². The summed E-state index contributed by atoms with van der Waals surface area (Å²) in [7, 11) is 0. The molecule has 1 aliphatic rings. The van der Waals surface area contributed by atoms with E-state index in [9.17, 15) is 0 Å². The average molecular weight is 447 g/mol. The van der Waals surface area contributed by atoms with Crippen LogP contribution in [0, 0.1) is 25.4 Å². The molecule has 2 heteroatoms. The van der Waals surface area contributed by atoms with Gasteiger partial charge in [0.1, 0.15) is 0 Å². The van der Waals surface area contributed by atoms with E-state index in [1.54, 1.807) is 0 Å². The quantitative estimate of drug-likeness (QED) is 0.216. The van der Waals surface area contributed by atoms with Crippen LogP contribution in [-0.2, 0) is 11.8 Å². The molecule has 1 aliphatic heterocycles. The van der Waals surface area contributed by atoms with Crippen molar-refractivity contribution in [3.63, 3.8) is 0 Å². The van der Waals surface area contributed by atoms with Crippen molar-refractivity contribution in [2.45, 2.75) is 13.8 Å². The first-order valence-electron chi connectivity index (χ1n) is 10.7. The summed E-state index contributed by atoms with van der Waals surface area (Å²) in [5.41, 5.74) is 13.2. The molecule has 4 aromatic carbocycles. The lowest BCUT2D eigenvalue weighted by Crippen LogP contribution is -2.05.